The van der Waals surface area contributed by atoms with Crippen LogP contribution in [0.3, 0.4) is 0 Å². The molecule has 2 nitrogen and oxygen atoms in total. The van der Waals surface area contributed by atoms with Crippen LogP contribution in [-0.4, -0.2) is 29.9 Å². The molecule has 1 aliphatic heterocycles. The largest absolute Gasteiger partial charge is 0.306 e. The second kappa shape index (κ2) is 5.45. The first-order chi connectivity index (χ1) is 6.20. The molecule has 0 aliphatic carbocycles. The van der Waals surface area contributed by atoms with Crippen molar-refractivity contribution in [2.75, 3.05) is 18.1 Å². The van der Waals surface area contributed by atoms with Crippen molar-refractivity contribution in [2.24, 2.45) is 0 Å². The summed E-state index contributed by atoms with van der Waals surface area (Å²) < 4.78 is 0. The summed E-state index contributed by atoms with van der Waals surface area (Å²) in [4.78, 5) is 11.6. The Morgan fingerprint density at radius 1 is 1.62 bits per heavy atom. The van der Waals surface area contributed by atoms with E-state index in [9.17, 15) is 4.79 Å². The quantitative estimate of drug-likeness (QED) is 0.698. The van der Waals surface area contributed by atoms with Gasteiger partial charge in [0.1, 0.15) is 0 Å². The topological polar surface area (TPSA) is 29.1 Å². The van der Waals surface area contributed by atoms with Crippen LogP contribution in [0.25, 0.3) is 0 Å². The van der Waals surface area contributed by atoms with Crippen molar-refractivity contribution in [1.82, 2.24) is 5.32 Å². The maximum Gasteiger partial charge on any atom is 0.150 e. The maximum absolute atomic E-state index is 11.6. The lowest BCUT2D eigenvalue weighted by Crippen LogP contribution is -2.43. The van der Waals surface area contributed by atoms with E-state index in [1.165, 1.54) is 0 Å². The average Bonchev–Trinajstić information content (AvgIpc) is 2.15. The molecular weight excluding hydrogens is 182 g/mol. The lowest BCUT2D eigenvalue weighted by Gasteiger charge is -2.21. The van der Waals surface area contributed by atoms with Crippen molar-refractivity contribution >= 4 is 17.5 Å². The van der Waals surface area contributed by atoms with Crippen LogP contribution >= 0.6 is 11.8 Å². The minimum atomic E-state index is 0.0955. The monoisotopic (exact) mass is 199 g/mol. The molecule has 0 aromatic carbocycles. The van der Waals surface area contributed by atoms with Crippen LogP contribution < -0.4 is 5.32 Å². The van der Waals surface area contributed by atoms with Crippen LogP contribution in [0, 0.1) is 0 Å². The van der Waals surface area contributed by atoms with E-state index < -0.39 is 0 Å². The van der Waals surface area contributed by atoms with Crippen LogP contribution in [0.5, 0.6) is 0 Å². The van der Waals surface area contributed by atoms with Crippen molar-refractivity contribution in [2.45, 2.75) is 25.8 Å². The summed E-state index contributed by atoms with van der Waals surface area (Å²) in [7, 11) is 0. The Bertz CT molecular complexity index is 197. The van der Waals surface area contributed by atoms with E-state index in [-0.39, 0.29) is 6.04 Å². The third-order valence-corrected chi connectivity index (χ3v) is 3.17. The van der Waals surface area contributed by atoms with Gasteiger partial charge in [-0.25, -0.2) is 0 Å². The summed E-state index contributed by atoms with van der Waals surface area (Å²) in [5.74, 6) is 2.41. The molecule has 1 fully saturated rings. The van der Waals surface area contributed by atoms with Gasteiger partial charge in [0.2, 0.25) is 0 Å². The van der Waals surface area contributed by atoms with Gasteiger partial charge in [-0.2, -0.15) is 11.8 Å². The zero-order chi connectivity index (χ0) is 9.68. The van der Waals surface area contributed by atoms with Gasteiger partial charge in [0, 0.05) is 24.5 Å². The molecule has 1 unspecified atom stereocenters. The fraction of sp³-hybridized carbons (Fsp3) is 0.700. The van der Waals surface area contributed by atoms with E-state index in [1.807, 2.05) is 18.7 Å². The summed E-state index contributed by atoms with van der Waals surface area (Å²) in [6.07, 6.45) is 1.48. The van der Waals surface area contributed by atoms with Crippen LogP contribution in [0.1, 0.15) is 19.8 Å². The highest BCUT2D eigenvalue weighted by atomic mass is 32.2. The van der Waals surface area contributed by atoms with E-state index >= 15 is 0 Å². The highest BCUT2D eigenvalue weighted by Gasteiger charge is 2.19. The Morgan fingerprint density at radius 3 is 2.92 bits per heavy atom. The molecule has 1 saturated heterocycles. The SMILES string of the molecule is C=C(C)CCC(=O)C1CSCCN1. The first-order valence-electron chi connectivity index (χ1n) is 4.68. The molecule has 0 saturated carbocycles. The normalized spacial score (nSPS) is 22.7. The van der Waals surface area contributed by atoms with E-state index in [1.54, 1.807) is 0 Å². The molecule has 3 heteroatoms. The van der Waals surface area contributed by atoms with Crippen LogP contribution in [0.4, 0.5) is 0 Å². The number of rotatable bonds is 4. The van der Waals surface area contributed by atoms with Gasteiger partial charge in [-0.05, 0) is 13.3 Å². The summed E-state index contributed by atoms with van der Waals surface area (Å²) in [5.41, 5.74) is 1.09. The van der Waals surface area contributed by atoms with Gasteiger partial charge in [-0.15, -0.1) is 6.58 Å². The van der Waals surface area contributed by atoms with Gasteiger partial charge in [-0.3, -0.25) is 4.79 Å². The molecule has 1 N–H and O–H groups in total. The Kier molecular flexibility index (Phi) is 4.53. The third kappa shape index (κ3) is 3.96. The van der Waals surface area contributed by atoms with Gasteiger partial charge in [0.05, 0.1) is 6.04 Å². The number of nitrogens with one attached hydrogen (secondary N) is 1. The van der Waals surface area contributed by atoms with Crippen LogP contribution in [0.15, 0.2) is 12.2 Å². The van der Waals surface area contributed by atoms with Gasteiger partial charge in [0.15, 0.2) is 5.78 Å². The Morgan fingerprint density at radius 2 is 2.38 bits per heavy atom. The molecule has 0 aromatic heterocycles. The molecule has 1 rings (SSSR count). The molecule has 0 radical (unpaired) electrons. The van der Waals surface area contributed by atoms with Gasteiger partial charge >= 0.3 is 0 Å². The number of carbonyl (C=O) groups is 1. The summed E-state index contributed by atoms with van der Waals surface area (Å²) in [5, 5.41) is 3.24. The summed E-state index contributed by atoms with van der Waals surface area (Å²) >= 11 is 1.86. The van der Waals surface area contributed by atoms with Crippen LogP contribution in [0.2, 0.25) is 0 Å². The van der Waals surface area contributed by atoms with Crippen molar-refractivity contribution in [3.8, 4) is 0 Å². The van der Waals surface area contributed by atoms with Crippen molar-refractivity contribution in [3.63, 3.8) is 0 Å². The number of thioether (sulfide) groups is 1. The van der Waals surface area contributed by atoms with Gasteiger partial charge in [-0.1, -0.05) is 5.57 Å². The molecular formula is C10H17NOS. The predicted molar refractivity (Wildman–Crippen MR) is 58.2 cm³/mol. The number of hydrogen-bond acceptors (Lipinski definition) is 3. The predicted octanol–water partition coefficient (Wildman–Crippen LogP) is 1.62. The van der Waals surface area contributed by atoms with Gasteiger partial charge < -0.3 is 5.32 Å². The lowest BCUT2D eigenvalue weighted by molar-refractivity contribution is -0.120. The summed E-state index contributed by atoms with van der Waals surface area (Å²) in [6.45, 7) is 6.73. The van der Waals surface area contributed by atoms with E-state index in [2.05, 4.69) is 11.9 Å². The number of Topliss-reactive ketones (excluding diaryl/α,β-unsaturated/α-hetero) is 1. The van der Waals surface area contributed by atoms with E-state index in [0.717, 1.165) is 30.0 Å². The van der Waals surface area contributed by atoms with Crippen molar-refractivity contribution in [3.05, 3.63) is 12.2 Å². The van der Waals surface area contributed by atoms with Gasteiger partial charge in [0.25, 0.3) is 0 Å². The molecule has 0 spiro atoms. The minimum Gasteiger partial charge on any atom is -0.306 e. The zero-order valence-corrected chi connectivity index (χ0v) is 8.95. The Labute approximate surface area is 84.2 Å². The molecule has 0 aromatic rings. The highest BCUT2D eigenvalue weighted by Crippen LogP contribution is 2.11. The van der Waals surface area contributed by atoms with Crippen molar-refractivity contribution < 1.29 is 4.79 Å². The smallest absolute Gasteiger partial charge is 0.150 e. The zero-order valence-electron chi connectivity index (χ0n) is 8.14. The molecule has 13 heavy (non-hydrogen) atoms. The second-order valence-corrected chi connectivity index (χ2v) is 4.65. The molecule has 1 heterocycles. The Balaban J connectivity index is 2.25. The molecule has 0 amide bonds. The van der Waals surface area contributed by atoms with E-state index in [0.29, 0.717) is 12.2 Å². The summed E-state index contributed by atoms with van der Waals surface area (Å²) in [6, 6.07) is 0.0955. The minimum absolute atomic E-state index is 0.0955. The number of allylic oxidation sites excluding steroid dienone is 1. The lowest BCUT2D eigenvalue weighted by atomic mass is 10.1. The molecule has 1 atom stereocenters. The first kappa shape index (κ1) is 10.8. The molecule has 0 bridgehead atoms. The van der Waals surface area contributed by atoms with Crippen LogP contribution in [-0.2, 0) is 4.79 Å². The fourth-order valence-corrected chi connectivity index (χ4v) is 2.25. The second-order valence-electron chi connectivity index (χ2n) is 3.51. The number of ketones is 1. The average molecular weight is 199 g/mol. The molecule has 1 aliphatic rings. The first-order valence-corrected chi connectivity index (χ1v) is 5.84. The standard InChI is InChI=1S/C10H17NOS/c1-8(2)3-4-10(12)9-7-13-6-5-11-9/h9,11H,1,3-7H2,2H3. The molecule has 74 valence electrons. The number of carbonyl (C=O) groups excluding carboxylic acids is 1. The number of hydrogen-bond donors (Lipinski definition) is 1. The fourth-order valence-electron chi connectivity index (χ4n) is 1.28. The maximum atomic E-state index is 11.6. The van der Waals surface area contributed by atoms with Crippen molar-refractivity contribution in [1.29, 1.82) is 0 Å². The van der Waals surface area contributed by atoms with E-state index in [4.69, 9.17) is 0 Å². The highest BCUT2D eigenvalue weighted by molar-refractivity contribution is 7.99. The third-order valence-electron chi connectivity index (χ3n) is 2.11. The Hall–Kier alpha value is -0.280.